The van der Waals surface area contributed by atoms with Crippen LogP contribution in [0.15, 0.2) is 42.5 Å². The largest absolute Gasteiger partial charge is 0.497 e. The van der Waals surface area contributed by atoms with Crippen LogP contribution in [-0.4, -0.2) is 17.8 Å². The van der Waals surface area contributed by atoms with Crippen molar-refractivity contribution in [2.75, 3.05) is 12.4 Å². The van der Waals surface area contributed by atoms with Gasteiger partial charge in [0.15, 0.2) is 5.11 Å². The molecular weight excluding hydrogens is 356 g/mol. The summed E-state index contributed by atoms with van der Waals surface area (Å²) in [6.07, 6.45) is 0.788. The predicted molar refractivity (Wildman–Crippen MR) is 106 cm³/mol. The Kier molecular flexibility index (Phi) is 5.06. The third kappa shape index (κ3) is 4.17. The zero-order valence-electron chi connectivity index (χ0n) is 14.4. The molecule has 4 nitrogen and oxygen atoms in total. The van der Waals surface area contributed by atoms with Crippen LogP contribution in [0.25, 0.3) is 0 Å². The SMILES string of the molecule is COc1ccc2c(c1)OC(C)(C)C[C@@H]2NC(=S)Nc1ccccc1Cl. The number of halogens is 1. The van der Waals surface area contributed by atoms with E-state index in [0.717, 1.165) is 29.2 Å². The van der Waals surface area contributed by atoms with Gasteiger partial charge in [-0.05, 0) is 50.3 Å². The van der Waals surface area contributed by atoms with Crippen molar-refractivity contribution in [2.45, 2.75) is 31.9 Å². The van der Waals surface area contributed by atoms with Crippen LogP contribution < -0.4 is 20.1 Å². The number of thiocarbonyl (C=S) groups is 1. The van der Waals surface area contributed by atoms with Crippen molar-refractivity contribution in [1.29, 1.82) is 0 Å². The van der Waals surface area contributed by atoms with Gasteiger partial charge in [-0.2, -0.15) is 0 Å². The number of fused-ring (bicyclic) bond motifs is 1. The Balaban J connectivity index is 1.80. The second-order valence-electron chi connectivity index (χ2n) is 6.60. The Morgan fingerprint density at radius 3 is 2.76 bits per heavy atom. The second kappa shape index (κ2) is 7.10. The van der Waals surface area contributed by atoms with Crippen LogP contribution in [0.5, 0.6) is 11.5 Å². The molecule has 3 rings (SSSR count). The lowest BCUT2D eigenvalue weighted by molar-refractivity contribution is 0.0693. The molecule has 1 aliphatic rings. The zero-order chi connectivity index (χ0) is 18.0. The molecule has 132 valence electrons. The average molecular weight is 377 g/mol. The first kappa shape index (κ1) is 17.8. The van der Waals surface area contributed by atoms with Gasteiger partial charge in [-0.1, -0.05) is 23.7 Å². The topological polar surface area (TPSA) is 42.5 Å². The molecule has 6 heteroatoms. The van der Waals surface area contributed by atoms with E-state index in [1.54, 1.807) is 7.11 Å². The monoisotopic (exact) mass is 376 g/mol. The first-order chi connectivity index (χ1) is 11.9. The second-order valence-corrected chi connectivity index (χ2v) is 7.42. The first-order valence-electron chi connectivity index (χ1n) is 8.07. The molecule has 2 aromatic rings. The molecule has 0 aliphatic carbocycles. The molecule has 0 radical (unpaired) electrons. The van der Waals surface area contributed by atoms with Crippen LogP contribution in [0.2, 0.25) is 5.02 Å². The Labute approximate surface area is 158 Å². The predicted octanol–water partition coefficient (Wildman–Crippen LogP) is 4.94. The number of nitrogens with one attached hydrogen (secondary N) is 2. The minimum absolute atomic E-state index is 0.0344. The fourth-order valence-electron chi connectivity index (χ4n) is 2.97. The van der Waals surface area contributed by atoms with Gasteiger partial charge in [-0.15, -0.1) is 0 Å². The van der Waals surface area contributed by atoms with Crippen molar-refractivity contribution in [1.82, 2.24) is 5.32 Å². The molecule has 0 unspecified atom stereocenters. The normalized spacial score (nSPS) is 17.8. The molecule has 1 atom stereocenters. The van der Waals surface area contributed by atoms with Gasteiger partial charge in [0, 0.05) is 18.1 Å². The summed E-state index contributed by atoms with van der Waals surface area (Å²) in [6.45, 7) is 4.13. The van der Waals surface area contributed by atoms with Gasteiger partial charge in [0.2, 0.25) is 0 Å². The highest BCUT2D eigenvalue weighted by Gasteiger charge is 2.34. The molecule has 0 amide bonds. The van der Waals surface area contributed by atoms with Crippen molar-refractivity contribution in [2.24, 2.45) is 0 Å². The summed E-state index contributed by atoms with van der Waals surface area (Å²) in [6, 6.07) is 13.4. The maximum Gasteiger partial charge on any atom is 0.171 e. The smallest absolute Gasteiger partial charge is 0.171 e. The van der Waals surface area contributed by atoms with Crippen molar-refractivity contribution in [3.63, 3.8) is 0 Å². The maximum atomic E-state index is 6.19. The molecular formula is C19H21ClN2O2S. The van der Waals surface area contributed by atoms with Gasteiger partial charge in [0.1, 0.15) is 17.1 Å². The van der Waals surface area contributed by atoms with Gasteiger partial charge in [-0.25, -0.2) is 0 Å². The summed E-state index contributed by atoms with van der Waals surface area (Å²) in [4.78, 5) is 0. The van der Waals surface area contributed by atoms with Crippen molar-refractivity contribution in [3.8, 4) is 11.5 Å². The van der Waals surface area contributed by atoms with E-state index in [2.05, 4.69) is 24.5 Å². The number of hydrogen-bond donors (Lipinski definition) is 2. The summed E-state index contributed by atoms with van der Waals surface area (Å²) >= 11 is 11.7. The van der Waals surface area contributed by atoms with Crippen LogP contribution in [0, 0.1) is 0 Å². The van der Waals surface area contributed by atoms with Crippen LogP contribution in [0.3, 0.4) is 0 Å². The quantitative estimate of drug-likeness (QED) is 0.743. The van der Waals surface area contributed by atoms with Crippen LogP contribution in [0.4, 0.5) is 5.69 Å². The fourth-order valence-corrected chi connectivity index (χ4v) is 3.40. The highest BCUT2D eigenvalue weighted by molar-refractivity contribution is 7.80. The molecule has 25 heavy (non-hydrogen) atoms. The van der Waals surface area contributed by atoms with E-state index in [-0.39, 0.29) is 11.6 Å². The molecule has 0 fully saturated rings. The molecule has 1 heterocycles. The van der Waals surface area contributed by atoms with Gasteiger partial charge in [0.05, 0.1) is 23.9 Å². The van der Waals surface area contributed by atoms with Gasteiger partial charge in [-0.3, -0.25) is 0 Å². The number of anilines is 1. The van der Waals surface area contributed by atoms with E-state index in [1.807, 2.05) is 42.5 Å². The summed E-state index contributed by atoms with van der Waals surface area (Å²) in [5.74, 6) is 1.58. The summed E-state index contributed by atoms with van der Waals surface area (Å²) in [7, 11) is 1.65. The summed E-state index contributed by atoms with van der Waals surface area (Å²) < 4.78 is 11.4. The number of para-hydroxylation sites is 1. The number of hydrogen-bond acceptors (Lipinski definition) is 3. The van der Waals surface area contributed by atoms with E-state index in [1.165, 1.54) is 0 Å². The van der Waals surface area contributed by atoms with E-state index in [4.69, 9.17) is 33.3 Å². The third-order valence-electron chi connectivity index (χ3n) is 4.11. The van der Waals surface area contributed by atoms with E-state index >= 15 is 0 Å². The van der Waals surface area contributed by atoms with E-state index in [0.29, 0.717) is 10.1 Å². The molecule has 2 aromatic carbocycles. The van der Waals surface area contributed by atoms with Gasteiger partial charge >= 0.3 is 0 Å². The average Bonchev–Trinajstić information content (AvgIpc) is 2.55. The zero-order valence-corrected chi connectivity index (χ0v) is 16.0. The maximum absolute atomic E-state index is 6.19. The molecule has 1 aliphatic heterocycles. The standard InChI is InChI=1S/C19H21ClN2O2S/c1-19(2)11-16(13-9-8-12(23-3)10-17(13)24-19)22-18(25)21-15-7-5-4-6-14(15)20/h4-10,16H,11H2,1-3H3,(H2,21,22,25)/t16-/m0/s1. The minimum atomic E-state index is -0.308. The number of methoxy groups -OCH3 is 1. The molecule has 0 saturated carbocycles. The summed E-state index contributed by atoms with van der Waals surface area (Å²) in [5, 5.41) is 7.70. The van der Waals surface area contributed by atoms with Crippen molar-refractivity contribution >= 4 is 34.6 Å². The number of rotatable bonds is 3. The van der Waals surface area contributed by atoms with Crippen LogP contribution in [0.1, 0.15) is 31.9 Å². The van der Waals surface area contributed by atoms with E-state index < -0.39 is 0 Å². The lowest BCUT2D eigenvalue weighted by Gasteiger charge is -2.38. The molecule has 2 N–H and O–H groups in total. The molecule has 0 bridgehead atoms. The molecule has 0 saturated heterocycles. The van der Waals surface area contributed by atoms with Crippen molar-refractivity contribution < 1.29 is 9.47 Å². The Morgan fingerprint density at radius 2 is 2.04 bits per heavy atom. The fraction of sp³-hybridized carbons (Fsp3) is 0.316. The Morgan fingerprint density at radius 1 is 1.28 bits per heavy atom. The van der Waals surface area contributed by atoms with Crippen LogP contribution in [-0.2, 0) is 0 Å². The first-order valence-corrected chi connectivity index (χ1v) is 8.85. The molecule has 0 spiro atoms. The number of ether oxygens (including phenoxy) is 2. The minimum Gasteiger partial charge on any atom is -0.497 e. The Bertz CT molecular complexity index is 795. The number of benzene rings is 2. The third-order valence-corrected chi connectivity index (χ3v) is 4.65. The Hall–Kier alpha value is -1.98. The lowest BCUT2D eigenvalue weighted by Crippen LogP contribution is -2.42. The highest BCUT2D eigenvalue weighted by Crippen LogP contribution is 2.41. The molecule has 0 aromatic heterocycles. The van der Waals surface area contributed by atoms with Gasteiger partial charge < -0.3 is 20.1 Å². The van der Waals surface area contributed by atoms with Crippen molar-refractivity contribution in [3.05, 3.63) is 53.1 Å². The lowest BCUT2D eigenvalue weighted by atomic mass is 9.89. The van der Waals surface area contributed by atoms with Gasteiger partial charge in [0.25, 0.3) is 0 Å². The van der Waals surface area contributed by atoms with Crippen LogP contribution >= 0.6 is 23.8 Å². The van der Waals surface area contributed by atoms with E-state index in [9.17, 15) is 0 Å². The highest BCUT2D eigenvalue weighted by atomic mass is 35.5. The summed E-state index contributed by atoms with van der Waals surface area (Å²) in [5.41, 5.74) is 1.53.